The summed E-state index contributed by atoms with van der Waals surface area (Å²) in [5.41, 5.74) is -0.605. The van der Waals surface area contributed by atoms with Crippen LogP contribution in [0.15, 0.2) is 24.3 Å². The maximum Gasteiger partial charge on any atom is 0.416 e. The molecule has 0 aliphatic rings. The Morgan fingerprint density at radius 3 is 2.58 bits per heavy atom. The number of aromatic nitrogens is 4. The van der Waals surface area contributed by atoms with Crippen molar-refractivity contribution in [2.45, 2.75) is 19.5 Å². The third-order valence-electron chi connectivity index (χ3n) is 3.29. The molecule has 0 unspecified atom stereocenters. The van der Waals surface area contributed by atoms with E-state index in [2.05, 4.69) is 20.6 Å². The molecule has 126 valence electrons. The van der Waals surface area contributed by atoms with E-state index in [0.29, 0.717) is 23.8 Å². The van der Waals surface area contributed by atoms with Gasteiger partial charge in [-0.15, -0.1) is 10.2 Å². The fourth-order valence-electron chi connectivity index (χ4n) is 2.05. The van der Waals surface area contributed by atoms with Gasteiger partial charge >= 0.3 is 6.18 Å². The molecule has 0 aliphatic heterocycles. The maximum atomic E-state index is 12.5. The second kappa shape index (κ2) is 6.19. The van der Waals surface area contributed by atoms with E-state index in [1.807, 2.05) is 0 Å². The number of carbonyl (C=O) groups excluding carboxylic acids is 1. The molecule has 0 fully saturated rings. The summed E-state index contributed by atoms with van der Waals surface area (Å²) in [6.07, 6.45) is -3.91. The number of carbonyl (C=O) groups is 1. The Morgan fingerprint density at radius 1 is 1.25 bits per heavy atom. The lowest BCUT2D eigenvalue weighted by molar-refractivity contribution is -0.137. The molecule has 2 aromatic heterocycles. The number of nitrogens with one attached hydrogen (secondary N) is 1. The van der Waals surface area contributed by atoms with Crippen molar-refractivity contribution in [3.8, 4) is 0 Å². The van der Waals surface area contributed by atoms with E-state index < -0.39 is 17.6 Å². The first-order valence-electron chi connectivity index (χ1n) is 6.98. The number of benzene rings is 1. The van der Waals surface area contributed by atoms with Gasteiger partial charge in [0.2, 0.25) is 4.96 Å². The van der Waals surface area contributed by atoms with Gasteiger partial charge in [-0.05, 0) is 31.2 Å². The summed E-state index contributed by atoms with van der Waals surface area (Å²) in [5, 5.41) is 15.6. The number of halogens is 3. The van der Waals surface area contributed by atoms with Gasteiger partial charge in [0.25, 0.3) is 5.91 Å². The molecule has 0 atom stereocenters. The van der Waals surface area contributed by atoms with Crippen LogP contribution in [0.5, 0.6) is 0 Å². The molecule has 0 spiro atoms. The fraction of sp³-hybridized carbons (Fsp3) is 0.286. The molecule has 1 amide bonds. The van der Waals surface area contributed by atoms with E-state index in [9.17, 15) is 18.0 Å². The van der Waals surface area contributed by atoms with Gasteiger partial charge in [0.1, 0.15) is 5.01 Å². The lowest BCUT2D eigenvalue weighted by atomic mass is 10.1. The standard InChI is InChI=1S/C14H12F3N5OS/c1-8-19-20-13-22(8)21-11(24-13)6-7-18-12(23)9-2-4-10(5-3-9)14(15,16)17/h2-5H,6-7H2,1H3,(H,18,23). The van der Waals surface area contributed by atoms with E-state index in [1.54, 1.807) is 11.4 Å². The topological polar surface area (TPSA) is 72.2 Å². The molecule has 24 heavy (non-hydrogen) atoms. The van der Waals surface area contributed by atoms with Crippen molar-refractivity contribution in [2.24, 2.45) is 0 Å². The number of aryl methyl sites for hydroxylation is 1. The van der Waals surface area contributed by atoms with E-state index in [1.165, 1.54) is 11.3 Å². The molecule has 0 bridgehead atoms. The largest absolute Gasteiger partial charge is 0.416 e. The van der Waals surface area contributed by atoms with Gasteiger partial charge in [-0.2, -0.15) is 22.8 Å². The molecule has 0 saturated heterocycles. The number of hydrogen-bond acceptors (Lipinski definition) is 5. The van der Waals surface area contributed by atoms with Crippen LogP contribution in [0.25, 0.3) is 4.96 Å². The summed E-state index contributed by atoms with van der Waals surface area (Å²) in [7, 11) is 0. The molecular formula is C14H12F3N5OS. The van der Waals surface area contributed by atoms with Crippen LogP contribution < -0.4 is 5.32 Å². The molecule has 2 heterocycles. The lowest BCUT2D eigenvalue weighted by Gasteiger charge is -2.08. The van der Waals surface area contributed by atoms with Gasteiger partial charge in [-0.3, -0.25) is 4.79 Å². The molecule has 1 aromatic carbocycles. The SMILES string of the molecule is Cc1nnc2sc(CCNC(=O)c3ccc(C(F)(F)F)cc3)nn12. The number of alkyl halides is 3. The van der Waals surface area contributed by atoms with Gasteiger partial charge in [-0.25, -0.2) is 0 Å². The van der Waals surface area contributed by atoms with Crippen LogP contribution in [-0.2, 0) is 12.6 Å². The van der Waals surface area contributed by atoms with E-state index in [0.717, 1.165) is 29.3 Å². The molecular weight excluding hydrogens is 343 g/mol. The highest BCUT2D eigenvalue weighted by atomic mass is 32.1. The van der Waals surface area contributed by atoms with Crippen LogP contribution >= 0.6 is 11.3 Å². The minimum absolute atomic E-state index is 0.178. The fourth-order valence-corrected chi connectivity index (χ4v) is 2.93. The van der Waals surface area contributed by atoms with Crippen LogP contribution in [0, 0.1) is 6.92 Å². The van der Waals surface area contributed by atoms with Crippen LogP contribution in [0.4, 0.5) is 13.2 Å². The Bertz CT molecular complexity index is 869. The van der Waals surface area contributed by atoms with Gasteiger partial charge in [-0.1, -0.05) is 11.3 Å². The van der Waals surface area contributed by atoms with Crippen LogP contribution in [0.2, 0.25) is 0 Å². The monoisotopic (exact) mass is 355 g/mol. The van der Waals surface area contributed by atoms with Gasteiger partial charge in [0, 0.05) is 18.5 Å². The number of fused-ring (bicyclic) bond motifs is 1. The van der Waals surface area contributed by atoms with Crippen LogP contribution in [-0.4, -0.2) is 32.3 Å². The molecule has 3 rings (SSSR count). The van der Waals surface area contributed by atoms with Crippen molar-refractivity contribution in [3.63, 3.8) is 0 Å². The van der Waals surface area contributed by atoms with Gasteiger partial charge in [0.15, 0.2) is 5.82 Å². The summed E-state index contributed by atoms with van der Waals surface area (Å²) in [4.78, 5) is 12.6. The second-order valence-corrected chi connectivity index (χ2v) is 6.06. The van der Waals surface area contributed by atoms with E-state index in [4.69, 9.17) is 0 Å². The molecule has 10 heteroatoms. The van der Waals surface area contributed by atoms with E-state index in [-0.39, 0.29) is 5.56 Å². The summed E-state index contributed by atoms with van der Waals surface area (Å²) in [6.45, 7) is 2.11. The molecule has 0 aliphatic carbocycles. The smallest absolute Gasteiger partial charge is 0.352 e. The Morgan fingerprint density at radius 2 is 1.96 bits per heavy atom. The van der Waals surface area contributed by atoms with Crippen molar-refractivity contribution in [1.29, 1.82) is 0 Å². The van der Waals surface area contributed by atoms with E-state index >= 15 is 0 Å². The van der Waals surface area contributed by atoms with Crippen LogP contribution in [0.3, 0.4) is 0 Å². The summed E-state index contributed by atoms with van der Waals surface area (Å²) in [6, 6.07) is 4.09. The van der Waals surface area contributed by atoms with Crippen molar-refractivity contribution in [3.05, 3.63) is 46.2 Å². The first-order valence-corrected chi connectivity index (χ1v) is 7.79. The summed E-state index contributed by atoms with van der Waals surface area (Å²) >= 11 is 1.37. The lowest BCUT2D eigenvalue weighted by Crippen LogP contribution is -2.25. The van der Waals surface area contributed by atoms with Crippen molar-refractivity contribution < 1.29 is 18.0 Å². The highest BCUT2D eigenvalue weighted by Gasteiger charge is 2.30. The zero-order chi connectivity index (χ0) is 17.3. The highest BCUT2D eigenvalue weighted by Crippen LogP contribution is 2.29. The van der Waals surface area contributed by atoms with Gasteiger partial charge < -0.3 is 5.32 Å². The van der Waals surface area contributed by atoms with Crippen molar-refractivity contribution in [1.82, 2.24) is 25.1 Å². The van der Waals surface area contributed by atoms with Crippen LogP contribution in [0.1, 0.15) is 26.8 Å². The zero-order valence-electron chi connectivity index (χ0n) is 12.5. The number of hydrogen-bond donors (Lipinski definition) is 1. The Kier molecular flexibility index (Phi) is 4.22. The Hall–Kier alpha value is -2.49. The molecule has 6 nitrogen and oxygen atoms in total. The molecule has 0 saturated carbocycles. The Labute approximate surface area is 138 Å². The minimum atomic E-state index is -4.41. The predicted octanol–water partition coefficient (Wildman–Crippen LogP) is 2.49. The number of amides is 1. The maximum absolute atomic E-state index is 12.5. The zero-order valence-corrected chi connectivity index (χ0v) is 13.3. The third-order valence-corrected chi connectivity index (χ3v) is 4.25. The third kappa shape index (κ3) is 3.37. The number of rotatable bonds is 4. The number of nitrogens with zero attached hydrogens (tertiary/aromatic N) is 4. The normalized spacial score (nSPS) is 11.8. The second-order valence-electron chi connectivity index (χ2n) is 5.02. The van der Waals surface area contributed by atoms with Crippen molar-refractivity contribution in [2.75, 3.05) is 6.54 Å². The average molecular weight is 355 g/mol. The minimum Gasteiger partial charge on any atom is -0.352 e. The first-order chi connectivity index (χ1) is 11.3. The summed E-state index contributed by atoms with van der Waals surface area (Å²) in [5.74, 6) is 0.254. The van der Waals surface area contributed by atoms with Gasteiger partial charge in [0.05, 0.1) is 5.56 Å². The van der Waals surface area contributed by atoms with Crippen molar-refractivity contribution >= 4 is 22.2 Å². The predicted molar refractivity (Wildman–Crippen MR) is 80.9 cm³/mol. The Balaban J connectivity index is 1.57. The highest BCUT2D eigenvalue weighted by molar-refractivity contribution is 7.16. The molecule has 0 radical (unpaired) electrons. The average Bonchev–Trinajstić information content (AvgIpc) is 3.08. The quantitative estimate of drug-likeness (QED) is 0.780. The molecule has 1 N–H and O–H groups in total. The summed E-state index contributed by atoms with van der Waals surface area (Å²) < 4.78 is 39.1. The first kappa shape index (κ1) is 16.4. The molecule has 3 aromatic rings.